The van der Waals surface area contributed by atoms with Crippen molar-refractivity contribution in [2.24, 2.45) is 0 Å². The Morgan fingerprint density at radius 1 is 1.50 bits per heavy atom. The lowest BCUT2D eigenvalue weighted by molar-refractivity contribution is 0.602. The average molecular weight is 278 g/mol. The maximum absolute atomic E-state index is 11.2. The lowest BCUT2D eigenvalue weighted by atomic mass is 10.6. The number of thiazole rings is 1. The van der Waals surface area contributed by atoms with E-state index in [1.165, 1.54) is 28.4 Å². The molecule has 2 heterocycles. The van der Waals surface area contributed by atoms with Crippen LogP contribution in [0.1, 0.15) is 4.88 Å². The van der Waals surface area contributed by atoms with E-state index in [9.17, 15) is 8.42 Å². The zero-order valence-electron chi connectivity index (χ0n) is 8.29. The highest BCUT2D eigenvalue weighted by Gasteiger charge is 2.12. The highest BCUT2D eigenvalue weighted by molar-refractivity contribution is 7.90. The maximum Gasteiger partial charge on any atom is 0.210 e. The van der Waals surface area contributed by atoms with Gasteiger partial charge in [-0.05, 0) is 0 Å². The molecule has 0 atom stereocenters. The van der Waals surface area contributed by atoms with Gasteiger partial charge in [-0.25, -0.2) is 18.1 Å². The van der Waals surface area contributed by atoms with E-state index in [1.54, 1.807) is 6.20 Å². The summed E-state index contributed by atoms with van der Waals surface area (Å²) in [5.74, 6) is 0.387. The molecule has 0 aliphatic carbocycles. The van der Waals surface area contributed by atoms with E-state index in [4.69, 9.17) is 11.6 Å². The molecule has 0 amide bonds. The van der Waals surface area contributed by atoms with Gasteiger partial charge in [-0.3, -0.25) is 0 Å². The first kappa shape index (κ1) is 11.6. The Labute approximate surface area is 102 Å². The first-order valence-corrected chi connectivity index (χ1v) is 7.51. The Morgan fingerprint density at radius 3 is 2.75 bits per heavy atom. The summed E-state index contributed by atoms with van der Waals surface area (Å²) in [6.45, 7) is 0. The molecule has 8 heteroatoms. The van der Waals surface area contributed by atoms with Gasteiger partial charge in [-0.2, -0.15) is 5.10 Å². The summed E-state index contributed by atoms with van der Waals surface area (Å²) in [5.41, 5.74) is 0. The van der Waals surface area contributed by atoms with E-state index in [2.05, 4.69) is 10.1 Å². The van der Waals surface area contributed by atoms with Crippen LogP contribution in [0, 0.1) is 0 Å². The summed E-state index contributed by atoms with van der Waals surface area (Å²) in [5, 5.41) is 4.55. The summed E-state index contributed by atoms with van der Waals surface area (Å²) < 4.78 is 23.9. The van der Waals surface area contributed by atoms with E-state index < -0.39 is 9.84 Å². The number of hydrogen-bond donors (Lipinski definition) is 0. The van der Waals surface area contributed by atoms with E-state index >= 15 is 0 Å². The van der Waals surface area contributed by atoms with E-state index in [1.807, 2.05) is 0 Å². The van der Waals surface area contributed by atoms with Crippen LogP contribution in [0.15, 0.2) is 23.5 Å². The number of nitrogens with zero attached hydrogens (tertiary/aromatic N) is 3. The minimum atomic E-state index is -3.22. The van der Waals surface area contributed by atoms with Crippen LogP contribution in [-0.4, -0.2) is 29.4 Å². The van der Waals surface area contributed by atoms with Crippen LogP contribution in [0.25, 0.3) is 5.13 Å². The molecule has 0 saturated heterocycles. The first-order chi connectivity index (χ1) is 7.50. The van der Waals surface area contributed by atoms with Gasteiger partial charge in [0.15, 0.2) is 9.84 Å². The Kier molecular flexibility index (Phi) is 3.00. The minimum absolute atomic E-state index is 0.176. The van der Waals surface area contributed by atoms with Crippen LogP contribution >= 0.6 is 22.9 Å². The third-order valence-electron chi connectivity index (χ3n) is 1.86. The van der Waals surface area contributed by atoms with Crippen LogP contribution in [0.4, 0.5) is 0 Å². The first-order valence-electron chi connectivity index (χ1n) is 4.26. The van der Waals surface area contributed by atoms with Crippen molar-refractivity contribution in [2.45, 2.75) is 10.8 Å². The van der Waals surface area contributed by atoms with Gasteiger partial charge in [0, 0.05) is 17.3 Å². The Balaban J connectivity index is 2.39. The van der Waals surface area contributed by atoms with Crippen LogP contribution < -0.4 is 0 Å². The number of halogens is 1. The Hall–Kier alpha value is -0.920. The van der Waals surface area contributed by atoms with Gasteiger partial charge in [0.1, 0.15) is 4.90 Å². The lowest BCUT2D eigenvalue weighted by Gasteiger charge is -1.92. The molecule has 0 fully saturated rings. The molecule has 2 aromatic heterocycles. The molecule has 0 aliphatic rings. The van der Waals surface area contributed by atoms with E-state index in [-0.39, 0.29) is 4.90 Å². The van der Waals surface area contributed by atoms with Crippen molar-refractivity contribution < 1.29 is 8.42 Å². The van der Waals surface area contributed by atoms with Gasteiger partial charge in [0.05, 0.1) is 18.3 Å². The molecule has 0 saturated carbocycles. The molecule has 0 N–H and O–H groups in total. The van der Waals surface area contributed by atoms with Gasteiger partial charge < -0.3 is 0 Å². The molecular formula is C8H8ClN3O2S2. The molecule has 0 aromatic carbocycles. The number of rotatable bonds is 3. The van der Waals surface area contributed by atoms with Crippen LogP contribution in [0.3, 0.4) is 0 Å². The normalized spacial score (nSPS) is 11.9. The molecular weight excluding hydrogens is 270 g/mol. The van der Waals surface area contributed by atoms with Crippen molar-refractivity contribution in [3.05, 3.63) is 23.5 Å². The second kappa shape index (κ2) is 4.15. The van der Waals surface area contributed by atoms with Gasteiger partial charge in [-0.1, -0.05) is 11.3 Å². The Morgan fingerprint density at radius 2 is 2.25 bits per heavy atom. The molecule has 86 valence electrons. The zero-order chi connectivity index (χ0) is 11.8. The standard InChI is InChI=1S/C8H8ClN3O2S2/c1-16(13,14)7-4-11-12(5-7)8-10-3-6(2-9)15-8/h3-5H,2H2,1H3. The average Bonchev–Trinajstić information content (AvgIpc) is 2.85. The quantitative estimate of drug-likeness (QED) is 0.797. The SMILES string of the molecule is CS(=O)(=O)c1cnn(-c2ncc(CCl)s2)c1. The highest BCUT2D eigenvalue weighted by atomic mass is 35.5. The van der Waals surface area contributed by atoms with Crippen LogP contribution in [-0.2, 0) is 15.7 Å². The van der Waals surface area contributed by atoms with E-state index in [0.717, 1.165) is 11.1 Å². The van der Waals surface area contributed by atoms with Crippen molar-refractivity contribution >= 4 is 32.8 Å². The third-order valence-corrected chi connectivity index (χ3v) is 4.36. The van der Waals surface area contributed by atoms with Crippen molar-refractivity contribution in [3.8, 4) is 5.13 Å². The lowest BCUT2D eigenvalue weighted by Crippen LogP contribution is -1.95. The number of alkyl halides is 1. The topological polar surface area (TPSA) is 64.8 Å². The number of aromatic nitrogens is 3. The fourth-order valence-electron chi connectivity index (χ4n) is 1.07. The predicted octanol–water partition coefficient (Wildman–Crippen LogP) is 1.47. The predicted molar refractivity (Wildman–Crippen MR) is 61.9 cm³/mol. The highest BCUT2D eigenvalue weighted by Crippen LogP contribution is 2.19. The maximum atomic E-state index is 11.2. The summed E-state index contributed by atoms with van der Waals surface area (Å²) in [4.78, 5) is 5.18. The Bertz CT molecular complexity index is 602. The second-order valence-corrected chi connectivity index (χ2v) is 6.51. The summed E-state index contributed by atoms with van der Waals surface area (Å²) in [7, 11) is -3.22. The molecule has 0 bridgehead atoms. The monoisotopic (exact) mass is 277 g/mol. The molecule has 2 rings (SSSR count). The molecule has 0 radical (unpaired) electrons. The molecule has 5 nitrogen and oxygen atoms in total. The van der Waals surface area contributed by atoms with Crippen molar-refractivity contribution in [1.29, 1.82) is 0 Å². The van der Waals surface area contributed by atoms with Crippen LogP contribution in [0.2, 0.25) is 0 Å². The van der Waals surface area contributed by atoms with E-state index in [0.29, 0.717) is 11.0 Å². The van der Waals surface area contributed by atoms with Gasteiger partial charge in [-0.15, -0.1) is 11.6 Å². The molecule has 2 aromatic rings. The summed E-state index contributed by atoms with van der Waals surface area (Å²) in [6, 6.07) is 0. The fraction of sp³-hybridized carbons (Fsp3) is 0.250. The fourth-order valence-corrected chi connectivity index (χ4v) is 2.52. The van der Waals surface area contributed by atoms with Gasteiger partial charge in [0.25, 0.3) is 0 Å². The number of hydrogen-bond acceptors (Lipinski definition) is 5. The largest absolute Gasteiger partial charge is 0.227 e. The number of sulfone groups is 1. The van der Waals surface area contributed by atoms with Crippen LogP contribution in [0.5, 0.6) is 0 Å². The van der Waals surface area contributed by atoms with Crippen molar-refractivity contribution in [3.63, 3.8) is 0 Å². The summed E-state index contributed by atoms with van der Waals surface area (Å²) in [6.07, 6.45) is 5.53. The minimum Gasteiger partial charge on any atom is -0.227 e. The smallest absolute Gasteiger partial charge is 0.210 e. The molecule has 16 heavy (non-hydrogen) atoms. The molecule has 0 aliphatic heterocycles. The van der Waals surface area contributed by atoms with Gasteiger partial charge in [0.2, 0.25) is 5.13 Å². The second-order valence-electron chi connectivity index (χ2n) is 3.14. The molecule has 0 spiro atoms. The van der Waals surface area contributed by atoms with Crippen molar-refractivity contribution in [1.82, 2.24) is 14.8 Å². The van der Waals surface area contributed by atoms with Crippen molar-refractivity contribution in [2.75, 3.05) is 6.26 Å². The third kappa shape index (κ3) is 2.26. The van der Waals surface area contributed by atoms with Gasteiger partial charge >= 0.3 is 0 Å². The summed E-state index contributed by atoms with van der Waals surface area (Å²) >= 11 is 7.02. The zero-order valence-corrected chi connectivity index (χ0v) is 10.7. The molecule has 0 unspecified atom stereocenters.